The molecule has 0 aromatic heterocycles. The summed E-state index contributed by atoms with van der Waals surface area (Å²) >= 11 is 5.74. The van der Waals surface area contributed by atoms with E-state index in [1.165, 1.54) is 20.3 Å². The number of nitro benzene ring substituents is 1. The molecule has 0 atom stereocenters. The second kappa shape index (κ2) is 7.61. The van der Waals surface area contributed by atoms with Gasteiger partial charge < -0.3 is 9.47 Å². The van der Waals surface area contributed by atoms with Gasteiger partial charge in [0.2, 0.25) is 0 Å². The number of ketones is 3. The highest BCUT2D eigenvalue weighted by atomic mass is 35.5. The molecule has 1 aromatic rings. The van der Waals surface area contributed by atoms with Gasteiger partial charge in [-0.15, -0.1) is 0 Å². The van der Waals surface area contributed by atoms with Crippen molar-refractivity contribution in [1.29, 1.82) is 0 Å². The van der Waals surface area contributed by atoms with E-state index in [1.54, 1.807) is 6.92 Å². The number of carbonyl (C=O) groups excluding carboxylic acids is 3. The van der Waals surface area contributed by atoms with Crippen LogP contribution in [-0.2, 0) is 19.1 Å². The Kier molecular flexibility index (Phi) is 5.90. The lowest BCUT2D eigenvalue weighted by atomic mass is 9.68. The first kappa shape index (κ1) is 20.2. The third-order valence-electron chi connectivity index (χ3n) is 4.48. The molecule has 0 aliphatic heterocycles. The van der Waals surface area contributed by atoms with E-state index in [4.69, 9.17) is 21.1 Å². The second-order valence-corrected chi connectivity index (χ2v) is 6.90. The first-order chi connectivity index (χ1) is 12.1. The third-order valence-corrected chi connectivity index (χ3v) is 4.72. The van der Waals surface area contributed by atoms with Gasteiger partial charge in [0.25, 0.3) is 5.69 Å². The summed E-state index contributed by atoms with van der Waals surface area (Å²) in [6, 6.07) is 3.47. The van der Waals surface area contributed by atoms with Gasteiger partial charge in [-0.1, -0.05) is 18.5 Å². The minimum absolute atomic E-state index is 0.0742. The lowest BCUT2D eigenvalue weighted by molar-refractivity contribution is -0.385. The lowest BCUT2D eigenvalue weighted by Gasteiger charge is -2.39. The molecule has 0 N–H and O–H groups in total. The monoisotopic (exact) mass is 383 g/mol. The van der Waals surface area contributed by atoms with E-state index in [-0.39, 0.29) is 23.4 Å². The maximum absolute atomic E-state index is 12.7. The molecule has 0 spiro atoms. The number of carbonyl (C=O) groups is 3. The maximum Gasteiger partial charge on any atom is 0.281 e. The number of Topliss-reactive ketones (excluding diaryl/α,β-unsaturated/α-hetero) is 3. The molecule has 0 saturated heterocycles. The topological polar surface area (TPSA) is 113 Å². The zero-order chi connectivity index (χ0) is 19.6. The predicted molar refractivity (Wildman–Crippen MR) is 91.1 cm³/mol. The summed E-state index contributed by atoms with van der Waals surface area (Å²) in [5.74, 6) is -3.69. The highest BCUT2D eigenvalue weighted by molar-refractivity contribution is 6.31. The minimum atomic E-state index is -1.57. The molecule has 26 heavy (non-hydrogen) atoms. The van der Waals surface area contributed by atoms with Crippen molar-refractivity contribution in [3.63, 3.8) is 0 Å². The molecule has 0 heterocycles. The van der Waals surface area contributed by atoms with Crippen LogP contribution in [0.2, 0.25) is 5.02 Å². The van der Waals surface area contributed by atoms with Crippen molar-refractivity contribution in [2.24, 2.45) is 11.3 Å². The molecule has 0 amide bonds. The first-order valence-corrected chi connectivity index (χ1v) is 8.11. The van der Waals surface area contributed by atoms with Gasteiger partial charge in [-0.25, -0.2) is 0 Å². The number of rotatable bonds is 6. The van der Waals surface area contributed by atoms with E-state index < -0.39 is 45.6 Å². The summed E-state index contributed by atoms with van der Waals surface area (Å²) in [4.78, 5) is 48.3. The van der Waals surface area contributed by atoms with Crippen LogP contribution in [0.4, 0.5) is 5.69 Å². The van der Waals surface area contributed by atoms with Gasteiger partial charge in [0.1, 0.15) is 5.92 Å². The van der Waals surface area contributed by atoms with Crippen molar-refractivity contribution in [1.82, 2.24) is 0 Å². The molecule has 140 valence electrons. The Morgan fingerprint density at radius 1 is 1.27 bits per heavy atom. The van der Waals surface area contributed by atoms with Crippen LogP contribution in [0.5, 0.6) is 0 Å². The molecular formula is C17H18ClNO7. The largest absolute Gasteiger partial charge is 0.355 e. The average molecular weight is 384 g/mol. The van der Waals surface area contributed by atoms with Gasteiger partial charge in [0.05, 0.1) is 10.5 Å². The smallest absolute Gasteiger partial charge is 0.281 e. The van der Waals surface area contributed by atoms with Gasteiger partial charge in [0, 0.05) is 43.6 Å². The molecule has 0 radical (unpaired) electrons. The molecule has 9 heteroatoms. The molecule has 0 unspecified atom stereocenters. The Morgan fingerprint density at radius 2 is 1.81 bits per heavy atom. The van der Waals surface area contributed by atoms with Crippen molar-refractivity contribution in [3.8, 4) is 0 Å². The normalized spacial score (nSPS) is 23.3. The molecule has 2 rings (SSSR count). The Labute approximate surface area is 154 Å². The standard InChI is InChI=1S/C17H18ClNO7/c1-17(16(25-2)26-3)7-12(20)14(13(21)8-17)15(22)10-5-4-9(18)6-11(10)19(23)24/h4-6,14,16H,7-8H2,1-3H3. The quantitative estimate of drug-likeness (QED) is 0.244. The second-order valence-electron chi connectivity index (χ2n) is 6.46. The molecule has 8 nitrogen and oxygen atoms in total. The van der Waals surface area contributed by atoms with Gasteiger partial charge in [0.15, 0.2) is 23.6 Å². The number of benzene rings is 1. The Bertz CT molecular complexity index is 754. The van der Waals surface area contributed by atoms with Gasteiger partial charge in [-0.2, -0.15) is 0 Å². The van der Waals surface area contributed by atoms with Crippen molar-refractivity contribution in [2.45, 2.75) is 26.1 Å². The number of ether oxygens (including phenoxy) is 2. The summed E-state index contributed by atoms with van der Waals surface area (Å²) in [5.41, 5.74) is -1.77. The number of hydrogen-bond donors (Lipinski definition) is 0. The fraction of sp³-hybridized carbons (Fsp3) is 0.471. The molecular weight excluding hydrogens is 366 g/mol. The summed E-state index contributed by atoms with van der Waals surface area (Å²) in [5, 5.41) is 11.3. The van der Waals surface area contributed by atoms with Crippen LogP contribution in [0.1, 0.15) is 30.1 Å². The highest BCUT2D eigenvalue weighted by Crippen LogP contribution is 2.40. The van der Waals surface area contributed by atoms with Crippen LogP contribution in [0.25, 0.3) is 0 Å². The minimum Gasteiger partial charge on any atom is -0.355 e. The maximum atomic E-state index is 12.7. The molecule has 1 fully saturated rings. The Hall–Kier alpha value is -2.16. The van der Waals surface area contributed by atoms with Crippen molar-refractivity contribution in [3.05, 3.63) is 38.9 Å². The van der Waals surface area contributed by atoms with Crippen LogP contribution in [0, 0.1) is 21.4 Å². The van der Waals surface area contributed by atoms with Gasteiger partial charge in [-0.3, -0.25) is 24.5 Å². The fourth-order valence-electron chi connectivity index (χ4n) is 3.39. The van der Waals surface area contributed by atoms with E-state index in [1.807, 2.05) is 0 Å². The van der Waals surface area contributed by atoms with E-state index in [2.05, 4.69) is 0 Å². The van der Waals surface area contributed by atoms with Crippen LogP contribution in [0.15, 0.2) is 18.2 Å². The fourth-order valence-corrected chi connectivity index (χ4v) is 3.55. The molecule has 1 saturated carbocycles. The third kappa shape index (κ3) is 3.67. The highest BCUT2D eigenvalue weighted by Gasteiger charge is 2.50. The van der Waals surface area contributed by atoms with Crippen LogP contribution >= 0.6 is 11.6 Å². The summed E-state index contributed by atoms with van der Waals surface area (Å²) < 4.78 is 10.3. The Morgan fingerprint density at radius 3 is 2.27 bits per heavy atom. The van der Waals surface area contributed by atoms with Gasteiger partial charge >= 0.3 is 0 Å². The number of methoxy groups -OCH3 is 2. The van der Waals surface area contributed by atoms with E-state index in [0.717, 1.165) is 12.1 Å². The molecule has 1 aromatic carbocycles. The zero-order valence-corrected chi connectivity index (χ0v) is 15.2. The van der Waals surface area contributed by atoms with Crippen molar-refractivity contribution in [2.75, 3.05) is 14.2 Å². The summed E-state index contributed by atoms with van der Waals surface area (Å²) in [7, 11) is 2.78. The SMILES string of the molecule is COC(OC)C1(C)CC(=O)C(C(=O)c2ccc(Cl)cc2[N+](=O)[O-])C(=O)C1. The first-order valence-electron chi connectivity index (χ1n) is 7.73. The Balaban J connectivity index is 2.37. The zero-order valence-electron chi connectivity index (χ0n) is 14.5. The van der Waals surface area contributed by atoms with E-state index >= 15 is 0 Å². The number of halogens is 1. The molecule has 1 aliphatic rings. The molecule has 1 aliphatic carbocycles. The van der Waals surface area contributed by atoms with Crippen molar-refractivity contribution >= 4 is 34.6 Å². The van der Waals surface area contributed by atoms with Crippen LogP contribution in [-0.4, -0.2) is 42.8 Å². The lowest BCUT2D eigenvalue weighted by Crippen LogP contribution is -2.48. The number of nitrogens with zero attached hydrogens (tertiary/aromatic N) is 1. The summed E-state index contributed by atoms with van der Waals surface area (Å²) in [6.07, 6.45) is -1.04. The number of nitro groups is 1. The van der Waals surface area contributed by atoms with Crippen molar-refractivity contribution < 1.29 is 28.8 Å². The van der Waals surface area contributed by atoms with E-state index in [0.29, 0.717) is 0 Å². The predicted octanol–water partition coefficient (Wildman–Crippen LogP) is 2.60. The van der Waals surface area contributed by atoms with Gasteiger partial charge in [-0.05, 0) is 12.1 Å². The van der Waals surface area contributed by atoms with Crippen LogP contribution < -0.4 is 0 Å². The molecule has 0 bridgehead atoms. The number of hydrogen-bond acceptors (Lipinski definition) is 7. The van der Waals surface area contributed by atoms with E-state index in [9.17, 15) is 24.5 Å². The average Bonchev–Trinajstić information content (AvgIpc) is 2.54. The van der Waals surface area contributed by atoms with Crippen LogP contribution in [0.3, 0.4) is 0 Å². The summed E-state index contributed by atoms with van der Waals surface area (Å²) in [6.45, 7) is 1.66.